The van der Waals surface area contributed by atoms with E-state index in [1.54, 1.807) is 11.3 Å². The molecule has 3 rings (SSSR count). The third-order valence-electron chi connectivity index (χ3n) is 5.40. The number of allylic oxidation sites excluding steroid dienone is 1. The van der Waals surface area contributed by atoms with Crippen LogP contribution >= 0.6 is 11.3 Å². The van der Waals surface area contributed by atoms with Gasteiger partial charge in [-0.05, 0) is 0 Å². The van der Waals surface area contributed by atoms with Crippen molar-refractivity contribution in [2.45, 2.75) is 57.8 Å². The molecule has 0 aromatic carbocycles. The van der Waals surface area contributed by atoms with Gasteiger partial charge in [-0.1, -0.05) is 32.1 Å². The summed E-state index contributed by atoms with van der Waals surface area (Å²) in [6, 6.07) is 0. The fourth-order valence-corrected chi connectivity index (χ4v) is 4.97. The normalized spacial score (nSPS) is 20.8. The van der Waals surface area contributed by atoms with Crippen LogP contribution in [0.1, 0.15) is 67.7 Å². The van der Waals surface area contributed by atoms with Crippen molar-refractivity contribution in [3.8, 4) is 0 Å². The molecule has 2 radical (unpaired) electrons. The number of aromatic nitrogens is 1. The standard InChI is InChI=1S/C21H28BN3S.V/c1-17(25-13-7-8-14-25)23-12-11-21-24-16-19(26-21)15-20(22)18-9-5-3-2-4-6-10-18;/h1,11-12,15-16,18H,2-10,13-14H2;/b12-11?,20-15-,23-17?;. The molecule has 27 heavy (non-hydrogen) atoms. The van der Waals surface area contributed by atoms with Crippen molar-refractivity contribution in [2.75, 3.05) is 13.1 Å². The van der Waals surface area contributed by atoms with E-state index in [2.05, 4.69) is 37.9 Å². The fourth-order valence-electron chi connectivity index (χ4n) is 3.84. The van der Waals surface area contributed by atoms with Crippen LogP contribution in [-0.2, 0) is 17.0 Å². The maximum absolute atomic E-state index is 6.43. The topological polar surface area (TPSA) is 28.5 Å². The molecule has 3 nitrogen and oxygen atoms in total. The first-order valence-electron chi connectivity index (χ1n) is 10.2. The van der Waals surface area contributed by atoms with Gasteiger partial charge in [0.2, 0.25) is 0 Å². The molecule has 2 aliphatic rings. The van der Waals surface area contributed by atoms with E-state index < -0.39 is 0 Å². The van der Waals surface area contributed by atoms with Gasteiger partial charge in [-0.3, -0.25) is 0 Å². The second-order valence-electron chi connectivity index (χ2n) is 7.41. The third-order valence-corrected chi connectivity index (χ3v) is 6.67. The number of amidine groups is 1. The van der Waals surface area contributed by atoms with E-state index >= 15 is 0 Å². The van der Waals surface area contributed by atoms with Crippen molar-refractivity contribution in [3.63, 3.8) is 0 Å². The zero-order valence-corrected chi connectivity index (χ0v) is 18.2. The molecule has 1 aromatic heterocycles. The summed E-state index contributed by atoms with van der Waals surface area (Å²) >= 11 is 4.18. The average Bonchev–Trinajstić information content (AvgIpc) is 3.30. The van der Waals surface area contributed by atoms with E-state index in [4.69, 9.17) is 7.85 Å². The molecule has 1 aromatic rings. The smallest absolute Gasteiger partial charge is 0.0533 e. The number of thiazole rings is 1. The number of rotatable bonds is 5. The van der Waals surface area contributed by atoms with Gasteiger partial charge in [0.05, 0.1) is 0 Å². The van der Waals surface area contributed by atoms with Gasteiger partial charge in [-0.2, -0.15) is 0 Å². The summed E-state index contributed by atoms with van der Waals surface area (Å²) < 4.78 is 2.02. The second-order valence-corrected chi connectivity index (χ2v) is 8.91. The molecule has 141 valence electrons. The molecule has 0 N–H and O–H groups in total. The van der Waals surface area contributed by atoms with Crippen LogP contribution in [0.4, 0.5) is 0 Å². The maximum atomic E-state index is 6.43. The van der Waals surface area contributed by atoms with E-state index in [1.807, 2.05) is 23.2 Å². The molecule has 1 aliphatic heterocycles. The van der Waals surface area contributed by atoms with E-state index in [0.717, 1.165) is 34.3 Å². The third kappa shape index (κ3) is 6.58. The number of hydrogen-bond donors (Lipinski definition) is 0. The number of aliphatic imine (C=N–C) groups is 1. The summed E-state index contributed by atoms with van der Waals surface area (Å²) in [4.78, 5) is 12.6. The van der Waals surface area contributed by atoms with Gasteiger partial charge in [-0.25, -0.2) is 0 Å². The Morgan fingerprint density at radius 3 is 2.56 bits per heavy atom. The molecule has 0 bridgehead atoms. The minimum atomic E-state index is 0.539. The predicted octanol–water partition coefficient (Wildman–Crippen LogP) is 4.83. The van der Waals surface area contributed by atoms with E-state index in [-0.39, 0.29) is 0 Å². The van der Waals surface area contributed by atoms with Gasteiger partial charge in [-0.15, -0.1) is 0 Å². The first-order chi connectivity index (χ1) is 13.3. The Bertz CT molecular complexity index is 696. The first-order valence-corrected chi connectivity index (χ1v) is 11.8. The van der Waals surface area contributed by atoms with Crippen molar-refractivity contribution in [1.29, 1.82) is 0 Å². The fraction of sp³-hybridized carbons (Fsp3) is 0.571. The summed E-state index contributed by atoms with van der Waals surface area (Å²) in [5.74, 6) is 1.58. The van der Waals surface area contributed by atoms with Crippen LogP contribution < -0.4 is 0 Å². The number of hydrogen-bond acceptors (Lipinski definition) is 3. The minimum absolute atomic E-state index is 0.539. The number of likely N-dealkylation sites (tertiary alicyclic amines) is 1. The summed E-state index contributed by atoms with van der Waals surface area (Å²) in [6.45, 7) is 2.21. The zero-order valence-electron chi connectivity index (χ0n) is 16.0. The van der Waals surface area contributed by atoms with Crippen molar-refractivity contribution >= 4 is 41.9 Å². The monoisotopic (exact) mass is 416 g/mol. The van der Waals surface area contributed by atoms with Crippen molar-refractivity contribution < 1.29 is 17.0 Å². The van der Waals surface area contributed by atoms with Crippen LogP contribution in [0.5, 0.6) is 0 Å². The Morgan fingerprint density at radius 2 is 1.85 bits per heavy atom. The van der Waals surface area contributed by atoms with Crippen LogP contribution in [-0.4, -0.2) is 41.4 Å². The minimum Gasteiger partial charge on any atom is -0.0533 e. The van der Waals surface area contributed by atoms with Crippen molar-refractivity contribution in [3.05, 3.63) is 27.8 Å². The van der Waals surface area contributed by atoms with Gasteiger partial charge in [0, 0.05) is 0 Å². The zero-order chi connectivity index (χ0) is 18.9. The molecule has 2 fully saturated rings. The molecule has 0 unspecified atom stereocenters. The Kier molecular flexibility index (Phi) is 8.63. The average molecular weight is 416 g/mol. The van der Waals surface area contributed by atoms with E-state index in [1.165, 1.54) is 57.8 Å². The summed E-state index contributed by atoms with van der Waals surface area (Å²) in [7, 11) is 6.43. The van der Waals surface area contributed by atoms with Crippen molar-refractivity contribution in [1.82, 2.24) is 9.88 Å². The molecule has 1 aliphatic carbocycles. The Labute approximate surface area is 178 Å². The van der Waals surface area contributed by atoms with Gasteiger partial charge in [0.1, 0.15) is 0 Å². The first kappa shape index (κ1) is 20.8. The molecular formula is C21H28BN3SV. The SMILES string of the molecule is [B]/C(=C\c1cnc(C=CN=C([CH]=[V])N2CCCC2)s1)C1CCCCCCC1. The van der Waals surface area contributed by atoms with Crippen LogP contribution in [0.3, 0.4) is 0 Å². The molecule has 0 spiro atoms. The Balaban J connectivity index is 1.60. The van der Waals surface area contributed by atoms with Crippen LogP contribution in [0, 0.1) is 5.92 Å². The molecule has 0 atom stereocenters. The molecule has 0 amide bonds. The number of nitrogens with zero attached hydrogens (tertiary/aromatic N) is 3. The van der Waals surface area contributed by atoms with Crippen LogP contribution in [0.15, 0.2) is 22.9 Å². The Morgan fingerprint density at radius 1 is 1.15 bits per heavy atom. The molecule has 1 saturated carbocycles. The quantitative estimate of drug-likeness (QED) is 0.391. The summed E-state index contributed by atoms with van der Waals surface area (Å²) in [5, 5.41) is 0.974. The van der Waals surface area contributed by atoms with Gasteiger partial charge >= 0.3 is 146 Å². The van der Waals surface area contributed by atoms with Gasteiger partial charge in [0.15, 0.2) is 0 Å². The van der Waals surface area contributed by atoms with Crippen LogP contribution in [0.2, 0.25) is 0 Å². The van der Waals surface area contributed by atoms with E-state index in [0.29, 0.717) is 5.92 Å². The van der Waals surface area contributed by atoms with Crippen molar-refractivity contribution in [2.24, 2.45) is 10.9 Å². The molecule has 6 heteroatoms. The van der Waals surface area contributed by atoms with Gasteiger partial charge in [0.25, 0.3) is 0 Å². The van der Waals surface area contributed by atoms with E-state index in [9.17, 15) is 0 Å². The Hall–Kier alpha value is -0.901. The van der Waals surface area contributed by atoms with Gasteiger partial charge < -0.3 is 0 Å². The molecule has 2 heterocycles. The molecular weight excluding hydrogens is 388 g/mol. The summed E-state index contributed by atoms with van der Waals surface area (Å²) in [5.41, 5.74) is 1.03. The van der Waals surface area contributed by atoms with Crippen LogP contribution in [0.25, 0.3) is 12.2 Å². The summed E-state index contributed by atoms with van der Waals surface area (Å²) in [6.07, 6.45) is 19.6. The molecule has 1 saturated heterocycles. The second kappa shape index (κ2) is 11.2. The predicted molar refractivity (Wildman–Crippen MR) is 115 cm³/mol.